The summed E-state index contributed by atoms with van der Waals surface area (Å²) in [7, 11) is 0. The molecule has 1 N–H and O–H groups in total. The van der Waals surface area contributed by atoms with Crippen LogP contribution < -0.4 is 0 Å². The second-order valence-electron chi connectivity index (χ2n) is 10.2. The van der Waals surface area contributed by atoms with Crippen LogP contribution in [0.25, 0.3) is 0 Å². The molecule has 0 amide bonds. The maximum atomic E-state index is 15.5. The molecule has 31 heavy (non-hydrogen) atoms. The van der Waals surface area contributed by atoms with E-state index < -0.39 is 46.6 Å². The van der Waals surface area contributed by atoms with Crippen molar-refractivity contribution in [3.8, 4) is 0 Å². The normalized spacial score (nSPS) is 49.7. The summed E-state index contributed by atoms with van der Waals surface area (Å²) in [6.07, 6.45) is 3.11. The summed E-state index contributed by atoms with van der Waals surface area (Å²) in [5.41, 5.74) is -3.40. The Bertz CT molecular complexity index is 975. The van der Waals surface area contributed by atoms with Gasteiger partial charge in [-0.25, -0.2) is 4.39 Å². The van der Waals surface area contributed by atoms with E-state index >= 15 is 4.39 Å². The lowest BCUT2D eigenvalue weighted by Gasteiger charge is -2.56. The third-order valence-electron chi connectivity index (χ3n) is 9.00. The van der Waals surface area contributed by atoms with Crippen LogP contribution in [0.3, 0.4) is 0 Å². The maximum absolute atomic E-state index is 15.5. The van der Waals surface area contributed by atoms with E-state index in [0.29, 0.717) is 22.9 Å². The SMILES string of the molecule is CC(=O)OCC(=O)C1(O)CCC2C3CC(F)C4=CC(=O)C(Br)=CC4(C)C34OC4CC21C. The molecule has 8 heteroatoms. The summed E-state index contributed by atoms with van der Waals surface area (Å²) in [6.45, 7) is 4.57. The maximum Gasteiger partial charge on any atom is 0.303 e. The summed E-state index contributed by atoms with van der Waals surface area (Å²) < 4.78 is 27.1. The Morgan fingerprint density at radius 1 is 1.35 bits per heavy atom. The van der Waals surface area contributed by atoms with Crippen LogP contribution in [-0.2, 0) is 23.9 Å². The van der Waals surface area contributed by atoms with Crippen LogP contribution in [0.1, 0.15) is 46.5 Å². The number of ether oxygens (including phenoxy) is 2. The molecule has 3 saturated carbocycles. The molecule has 1 spiro atoms. The number of allylic oxidation sites excluding steroid dienone is 2. The van der Waals surface area contributed by atoms with Gasteiger partial charge in [-0.3, -0.25) is 14.4 Å². The molecule has 0 aromatic carbocycles. The van der Waals surface area contributed by atoms with Crippen LogP contribution in [0.15, 0.2) is 22.2 Å². The van der Waals surface area contributed by atoms with Crippen molar-refractivity contribution in [3.63, 3.8) is 0 Å². The third kappa shape index (κ3) is 2.47. The highest BCUT2D eigenvalue weighted by molar-refractivity contribution is 9.12. The Morgan fingerprint density at radius 3 is 2.74 bits per heavy atom. The molecule has 5 rings (SSSR count). The van der Waals surface area contributed by atoms with E-state index in [1.807, 2.05) is 13.8 Å². The fourth-order valence-electron chi connectivity index (χ4n) is 7.44. The molecule has 0 radical (unpaired) electrons. The summed E-state index contributed by atoms with van der Waals surface area (Å²) in [5.74, 6) is -1.65. The van der Waals surface area contributed by atoms with Gasteiger partial charge >= 0.3 is 5.97 Å². The van der Waals surface area contributed by atoms with Crippen molar-refractivity contribution in [1.82, 2.24) is 0 Å². The van der Waals surface area contributed by atoms with Gasteiger partial charge in [0.25, 0.3) is 0 Å². The minimum atomic E-state index is -1.65. The second kappa shape index (κ2) is 6.35. The Labute approximate surface area is 188 Å². The number of ketones is 2. The Kier molecular flexibility index (Phi) is 4.40. The number of carbonyl (C=O) groups excluding carboxylic acids is 3. The smallest absolute Gasteiger partial charge is 0.303 e. The quantitative estimate of drug-likeness (QED) is 0.476. The van der Waals surface area contributed by atoms with E-state index in [1.165, 1.54) is 13.0 Å². The van der Waals surface area contributed by atoms with Crippen LogP contribution in [0.5, 0.6) is 0 Å². The van der Waals surface area contributed by atoms with Crippen molar-refractivity contribution in [2.45, 2.75) is 69.9 Å². The van der Waals surface area contributed by atoms with Gasteiger partial charge < -0.3 is 14.6 Å². The molecule has 4 fully saturated rings. The van der Waals surface area contributed by atoms with Gasteiger partial charge in [-0.1, -0.05) is 13.0 Å². The molecule has 8 atom stereocenters. The molecular formula is C23H26BrFO6. The first-order chi connectivity index (χ1) is 14.4. The van der Waals surface area contributed by atoms with Crippen LogP contribution in [0, 0.1) is 22.7 Å². The van der Waals surface area contributed by atoms with Crippen LogP contribution in [-0.4, -0.2) is 52.7 Å². The fourth-order valence-corrected chi connectivity index (χ4v) is 8.02. The number of hydrogen-bond donors (Lipinski definition) is 1. The largest absolute Gasteiger partial charge is 0.458 e. The second-order valence-corrected chi connectivity index (χ2v) is 11.1. The molecule has 8 unspecified atom stereocenters. The number of halogens is 2. The number of Topliss-reactive ketones (excluding diaryl/α,β-unsaturated/α-hetero) is 1. The lowest BCUT2D eigenvalue weighted by Crippen LogP contribution is -2.62. The number of fused-ring (bicyclic) bond motifs is 3. The highest BCUT2D eigenvalue weighted by Gasteiger charge is 2.82. The predicted octanol–water partition coefficient (Wildman–Crippen LogP) is 2.96. The molecule has 0 bridgehead atoms. The molecule has 1 heterocycles. The molecule has 5 aliphatic rings. The van der Waals surface area contributed by atoms with Gasteiger partial charge in [0.2, 0.25) is 5.78 Å². The van der Waals surface area contributed by atoms with Gasteiger partial charge in [-0.15, -0.1) is 0 Å². The van der Waals surface area contributed by atoms with Crippen LogP contribution in [0.2, 0.25) is 0 Å². The van der Waals surface area contributed by atoms with E-state index in [4.69, 9.17) is 9.47 Å². The van der Waals surface area contributed by atoms with Crippen molar-refractivity contribution in [2.75, 3.05) is 6.61 Å². The zero-order valence-corrected chi connectivity index (χ0v) is 19.3. The number of epoxide rings is 1. The molecule has 1 saturated heterocycles. The number of carbonyl (C=O) groups is 3. The van der Waals surface area contributed by atoms with E-state index in [1.54, 1.807) is 6.08 Å². The fraction of sp³-hybridized carbons (Fsp3) is 0.696. The van der Waals surface area contributed by atoms with Crippen LogP contribution in [0.4, 0.5) is 4.39 Å². The average Bonchev–Trinajstić information content (AvgIpc) is 3.35. The summed E-state index contributed by atoms with van der Waals surface area (Å²) in [4.78, 5) is 36.3. The number of alkyl halides is 1. The Morgan fingerprint density at radius 2 is 2.06 bits per heavy atom. The average molecular weight is 497 g/mol. The number of hydrogen-bond acceptors (Lipinski definition) is 6. The lowest BCUT2D eigenvalue weighted by atomic mass is 9.46. The first kappa shape index (κ1) is 21.5. The van der Waals surface area contributed by atoms with Crippen molar-refractivity contribution < 1.29 is 33.4 Å². The first-order valence-corrected chi connectivity index (χ1v) is 11.6. The monoisotopic (exact) mass is 496 g/mol. The highest BCUT2D eigenvalue weighted by atomic mass is 79.9. The summed E-state index contributed by atoms with van der Waals surface area (Å²) in [5, 5.41) is 11.5. The molecule has 0 aromatic heterocycles. The van der Waals surface area contributed by atoms with Crippen molar-refractivity contribution in [2.24, 2.45) is 22.7 Å². The third-order valence-corrected chi connectivity index (χ3v) is 9.62. The minimum absolute atomic E-state index is 0.126. The highest BCUT2D eigenvalue weighted by Crippen LogP contribution is 2.76. The van der Waals surface area contributed by atoms with Gasteiger partial charge in [0.15, 0.2) is 12.4 Å². The molecule has 0 aromatic rings. The predicted molar refractivity (Wildman–Crippen MR) is 111 cm³/mol. The molecule has 1 aliphatic heterocycles. The lowest BCUT2D eigenvalue weighted by molar-refractivity contribution is -0.166. The van der Waals surface area contributed by atoms with Crippen molar-refractivity contribution in [3.05, 3.63) is 22.2 Å². The topological polar surface area (TPSA) is 93.2 Å². The van der Waals surface area contributed by atoms with E-state index in [2.05, 4.69) is 15.9 Å². The van der Waals surface area contributed by atoms with Crippen molar-refractivity contribution >= 4 is 33.5 Å². The first-order valence-electron chi connectivity index (χ1n) is 10.8. The van der Waals surface area contributed by atoms with E-state index in [9.17, 15) is 19.5 Å². The standard InChI is InChI=1S/C23H26BrFO6/c1-11(26)30-10-18(28)22(29)5-4-12-13-6-16(25)14-7-17(27)15(24)8-21(14,3)23(13)19(31-23)9-20(12,22)2/h7-8,12-13,16,19,29H,4-6,9-10H2,1-3H3. The van der Waals surface area contributed by atoms with E-state index in [0.717, 1.165) is 0 Å². The molecule has 168 valence electrons. The Balaban J connectivity index is 1.53. The molecule has 6 nitrogen and oxygen atoms in total. The molecule has 4 aliphatic carbocycles. The molecular weight excluding hydrogens is 471 g/mol. The minimum Gasteiger partial charge on any atom is -0.458 e. The van der Waals surface area contributed by atoms with Gasteiger partial charge in [0, 0.05) is 17.8 Å². The van der Waals surface area contributed by atoms with Crippen LogP contribution >= 0.6 is 15.9 Å². The van der Waals surface area contributed by atoms with Crippen molar-refractivity contribution in [1.29, 1.82) is 0 Å². The van der Waals surface area contributed by atoms with Gasteiger partial charge in [-0.2, -0.15) is 0 Å². The number of rotatable bonds is 3. The van der Waals surface area contributed by atoms with Gasteiger partial charge in [0.05, 0.1) is 10.6 Å². The number of esters is 1. The van der Waals surface area contributed by atoms with Gasteiger partial charge in [0.1, 0.15) is 17.4 Å². The number of aliphatic hydroxyl groups is 1. The summed E-state index contributed by atoms with van der Waals surface area (Å²) >= 11 is 3.33. The van der Waals surface area contributed by atoms with E-state index in [-0.39, 0.29) is 36.6 Å². The zero-order valence-electron chi connectivity index (χ0n) is 17.7. The Hall–Kier alpha value is -1.38. The summed E-state index contributed by atoms with van der Waals surface area (Å²) in [6, 6.07) is 0. The van der Waals surface area contributed by atoms with Gasteiger partial charge in [-0.05, 0) is 72.0 Å². The zero-order chi connectivity index (χ0) is 22.6.